The van der Waals surface area contributed by atoms with Crippen LogP contribution in [0.3, 0.4) is 0 Å². The van der Waals surface area contributed by atoms with Crippen molar-refractivity contribution in [2.75, 3.05) is 0 Å². The smallest absolute Gasteiger partial charge is 0.0816 e. The van der Waals surface area contributed by atoms with E-state index in [4.69, 9.17) is 11.6 Å². The number of benzene rings is 3. The average Bonchev–Trinajstić information content (AvgIpc) is 3.58. The third-order valence-corrected chi connectivity index (χ3v) is 9.51. The SMILES string of the molecule is C=Cc1sc2c(c1/C=C\C)C1=C(C=CCC1)C21c2ccccc2-c2c(-c3ccc(Cl)cc3)cccc21.CC. The third kappa shape index (κ3) is 3.28. The molecule has 3 aromatic carbocycles. The lowest BCUT2D eigenvalue weighted by molar-refractivity contribution is 0.797. The molecule has 2 heteroatoms. The summed E-state index contributed by atoms with van der Waals surface area (Å²) in [6.45, 7) is 10.3. The van der Waals surface area contributed by atoms with Gasteiger partial charge in [0.15, 0.2) is 0 Å². The monoisotopic (exact) mass is 530 g/mol. The second-order valence-corrected chi connectivity index (χ2v) is 11.1. The Kier molecular flexibility index (Phi) is 6.38. The fraction of sp³-hybridized carbons (Fsp3) is 0.167. The van der Waals surface area contributed by atoms with Crippen LogP contribution in [-0.2, 0) is 5.41 Å². The molecule has 0 fully saturated rings. The van der Waals surface area contributed by atoms with Crippen molar-refractivity contribution in [1.29, 1.82) is 0 Å². The Bertz CT molecular complexity index is 1660. The molecule has 3 aliphatic carbocycles. The number of rotatable bonds is 3. The maximum atomic E-state index is 6.26. The van der Waals surface area contributed by atoms with Crippen LogP contribution in [0.5, 0.6) is 0 Å². The maximum absolute atomic E-state index is 6.26. The number of hydrogen-bond acceptors (Lipinski definition) is 1. The summed E-state index contributed by atoms with van der Waals surface area (Å²) < 4.78 is 0. The van der Waals surface area contributed by atoms with Gasteiger partial charge in [-0.05, 0) is 82.0 Å². The van der Waals surface area contributed by atoms with E-state index in [1.807, 2.05) is 43.4 Å². The van der Waals surface area contributed by atoms with Crippen LogP contribution in [0.2, 0.25) is 5.02 Å². The molecule has 188 valence electrons. The number of hydrogen-bond donors (Lipinski definition) is 0. The van der Waals surface area contributed by atoms with E-state index in [0.717, 1.165) is 17.9 Å². The molecule has 1 spiro atoms. The minimum absolute atomic E-state index is 0.293. The molecule has 1 aromatic heterocycles. The van der Waals surface area contributed by atoms with Gasteiger partial charge < -0.3 is 0 Å². The van der Waals surface area contributed by atoms with Crippen LogP contribution in [0.15, 0.2) is 97.1 Å². The number of halogens is 1. The molecule has 0 N–H and O–H groups in total. The molecule has 3 aliphatic rings. The first-order valence-electron chi connectivity index (χ1n) is 13.5. The topological polar surface area (TPSA) is 0 Å². The third-order valence-electron chi connectivity index (χ3n) is 7.93. The van der Waals surface area contributed by atoms with Gasteiger partial charge in [-0.1, -0.05) is 117 Å². The zero-order chi connectivity index (χ0) is 26.4. The van der Waals surface area contributed by atoms with Crippen LogP contribution in [0.4, 0.5) is 0 Å². The highest BCUT2D eigenvalue weighted by Crippen LogP contribution is 2.66. The Balaban J connectivity index is 0.00000129. The minimum Gasteiger partial charge on any atom is -0.138 e. The van der Waals surface area contributed by atoms with Gasteiger partial charge in [0, 0.05) is 20.3 Å². The summed E-state index contributed by atoms with van der Waals surface area (Å²) in [6, 6.07) is 24.2. The highest BCUT2D eigenvalue weighted by atomic mass is 35.5. The fourth-order valence-corrected chi connectivity index (χ4v) is 8.17. The highest BCUT2D eigenvalue weighted by molar-refractivity contribution is 7.14. The fourth-order valence-electron chi connectivity index (χ4n) is 6.64. The van der Waals surface area contributed by atoms with E-state index < -0.39 is 0 Å². The standard InChI is InChI=1S/C34H25ClS.C2H6/c1-3-10-26-30(4-2)36-33-32(26)25-12-6-8-15-28(25)34(33)27-14-7-5-11-24(27)31-23(13-9-16-29(31)34)21-17-19-22(35)20-18-21;1-2/h3-5,7-11,13-20H,2,6,12H2,1H3;1-2H3/b10-3-;. The molecule has 4 aromatic rings. The van der Waals surface area contributed by atoms with Crippen molar-refractivity contribution < 1.29 is 0 Å². The summed E-state index contributed by atoms with van der Waals surface area (Å²) in [6.07, 6.45) is 13.4. The summed E-state index contributed by atoms with van der Waals surface area (Å²) in [5.74, 6) is 0. The van der Waals surface area contributed by atoms with Crippen molar-refractivity contribution in [3.05, 3.63) is 134 Å². The van der Waals surface area contributed by atoms with Crippen molar-refractivity contribution in [2.24, 2.45) is 0 Å². The summed E-state index contributed by atoms with van der Waals surface area (Å²) in [7, 11) is 0. The lowest BCUT2D eigenvalue weighted by Crippen LogP contribution is -2.26. The average molecular weight is 531 g/mol. The van der Waals surface area contributed by atoms with E-state index in [1.54, 1.807) is 0 Å². The van der Waals surface area contributed by atoms with Crippen molar-refractivity contribution >= 4 is 40.7 Å². The van der Waals surface area contributed by atoms with Crippen molar-refractivity contribution in [1.82, 2.24) is 0 Å². The Morgan fingerprint density at radius 1 is 0.895 bits per heavy atom. The first-order valence-corrected chi connectivity index (χ1v) is 14.7. The van der Waals surface area contributed by atoms with Gasteiger partial charge in [0.1, 0.15) is 0 Å². The molecule has 38 heavy (non-hydrogen) atoms. The maximum Gasteiger partial charge on any atom is 0.0816 e. The van der Waals surface area contributed by atoms with Gasteiger partial charge in [0.25, 0.3) is 0 Å². The van der Waals surface area contributed by atoms with E-state index in [1.165, 1.54) is 65.4 Å². The van der Waals surface area contributed by atoms with E-state index in [0.29, 0.717) is 0 Å². The lowest BCUT2D eigenvalue weighted by atomic mass is 9.72. The van der Waals surface area contributed by atoms with Crippen LogP contribution in [-0.4, -0.2) is 0 Å². The van der Waals surface area contributed by atoms with E-state index >= 15 is 0 Å². The molecule has 0 saturated heterocycles. The highest BCUT2D eigenvalue weighted by Gasteiger charge is 2.54. The molecule has 0 amide bonds. The van der Waals surface area contributed by atoms with Gasteiger partial charge in [0.05, 0.1) is 5.41 Å². The van der Waals surface area contributed by atoms with Crippen molar-refractivity contribution in [3.8, 4) is 22.3 Å². The predicted molar refractivity (Wildman–Crippen MR) is 168 cm³/mol. The van der Waals surface area contributed by atoms with Crippen molar-refractivity contribution in [3.63, 3.8) is 0 Å². The van der Waals surface area contributed by atoms with Crippen LogP contribution in [0, 0.1) is 0 Å². The first kappa shape index (κ1) is 24.9. The molecular formula is C36H31ClS. The molecule has 7 rings (SSSR count). The second kappa shape index (κ2) is 9.73. The number of allylic oxidation sites excluding steroid dienone is 5. The first-order chi connectivity index (χ1) is 18.7. The molecule has 1 unspecified atom stereocenters. The number of thiophene rings is 1. The molecule has 1 atom stereocenters. The normalized spacial score (nSPS) is 18.2. The van der Waals surface area contributed by atoms with Crippen LogP contribution in [0.25, 0.3) is 40.0 Å². The van der Waals surface area contributed by atoms with Crippen LogP contribution >= 0.6 is 22.9 Å². The van der Waals surface area contributed by atoms with Gasteiger partial charge >= 0.3 is 0 Å². The quantitative estimate of drug-likeness (QED) is 0.247. The summed E-state index contributed by atoms with van der Waals surface area (Å²) in [4.78, 5) is 2.71. The zero-order valence-electron chi connectivity index (χ0n) is 22.1. The lowest BCUT2D eigenvalue weighted by Gasteiger charge is -2.31. The summed E-state index contributed by atoms with van der Waals surface area (Å²) in [5, 5.41) is 0.762. The Morgan fingerprint density at radius 3 is 2.39 bits per heavy atom. The Labute approximate surface area is 235 Å². The Morgan fingerprint density at radius 2 is 1.63 bits per heavy atom. The van der Waals surface area contributed by atoms with Crippen LogP contribution < -0.4 is 0 Å². The summed E-state index contributed by atoms with van der Waals surface area (Å²) in [5.41, 5.74) is 13.3. The zero-order valence-corrected chi connectivity index (χ0v) is 23.7. The molecule has 0 nitrogen and oxygen atoms in total. The molecule has 0 aliphatic heterocycles. The molecule has 1 heterocycles. The van der Waals surface area contributed by atoms with E-state index in [2.05, 4.69) is 92.4 Å². The summed E-state index contributed by atoms with van der Waals surface area (Å²) >= 11 is 8.18. The molecule has 0 saturated carbocycles. The Hall–Kier alpha value is -3.39. The van der Waals surface area contributed by atoms with Gasteiger partial charge in [-0.3, -0.25) is 0 Å². The number of fused-ring (bicyclic) bond motifs is 9. The van der Waals surface area contributed by atoms with E-state index in [-0.39, 0.29) is 5.41 Å². The van der Waals surface area contributed by atoms with Crippen molar-refractivity contribution in [2.45, 2.75) is 39.0 Å². The molecule has 0 bridgehead atoms. The van der Waals surface area contributed by atoms with Gasteiger partial charge in [-0.15, -0.1) is 11.3 Å². The minimum atomic E-state index is -0.293. The largest absolute Gasteiger partial charge is 0.138 e. The molecule has 0 radical (unpaired) electrons. The predicted octanol–water partition coefficient (Wildman–Crippen LogP) is 11.2. The van der Waals surface area contributed by atoms with Gasteiger partial charge in [-0.25, -0.2) is 0 Å². The van der Waals surface area contributed by atoms with Gasteiger partial charge in [-0.2, -0.15) is 0 Å². The van der Waals surface area contributed by atoms with Gasteiger partial charge in [0.2, 0.25) is 0 Å². The van der Waals surface area contributed by atoms with E-state index in [9.17, 15) is 0 Å². The molecular weight excluding hydrogens is 500 g/mol. The second-order valence-electron chi connectivity index (χ2n) is 9.65. The van der Waals surface area contributed by atoms with Crippen LogP contribution in [0.1, 0.15) is 65.6 Å².